The molecule has 0 aromatic rings. The second kappa shape index (κ2) is 11.5. The minimum atomic E-state index is -0.588. The number of carbonyl (C=O) groups is 2. The first-order chi connectivity index (χ1) is 5.22. The predicted octanol–water partition coefficient (Wildman–Crippen LogP) is 0.281. The summed E-state index contributed by atoms with van der Waals surface area (Å²) >= 11 is 0. The van der Waals surface area contributed by atoms with Crippen LogP contribution >= 0.6 is 0 Å². The summed E-state index contributed by atoms with van der Waals surface area (Å²) in [6.07, 6.45) is -0.338. The largest absolute Gasteiger partial charge is 0.508 e. The van der Waals surface area contributed by atoms with Crippen molar-refractivity contribution in [1.82, 2.24) is 0 Å². The normalized spacial score (nSPS) is 7.09. The van der Waals surface area contributed by atoms with Gasteiger partial charge in [0.25, 0.3) is 0 Å². The molecular weight excluding hydrogens is 150 g/mol. The summed E-state index contributed by atoms with van der Waals surface area (Å²) < 4.78 is 8.84. The molecule has 0 aliphatic heterocycles. The van der Waals surface area contributed by atoms with Crippen LogP contribution in [0.3, 0.4) is 0 Å². The van der Waals surface area contributed by atoms with E-state index in [2.05, 4.69) is 15.2 Å². The van der Waals surface area contributed by atoms with Crippen molar-refractivity contribution >= 4 is 12.6 Å². The van der Waals surface area contributed by atoms with Crippen molar-refractivity contribution in [2.75, 3.05) is 13.2 Å². The first-order valence-electron chi connectivity index (χ1n) is 3.17. The lowest BCUT2D eigenvalue weighted by atomic mass is 10.8. The molecule has 1 amide bonds. The number of amides is 1. The van der Waals surface area contributed by atoms with E-state index in [4.69, 9.17) is 4.79 Å². The minimum absolute atomic E-state index is 0.250. The molecule has 0 rings (SSSR count). The van der Waals surface area contributed by atoms with Gasteiger partial charge in [0.1, 0.15) is 0 Å². The van der Waals surface area contributed by atoms with Crippen LogP contribution in [0, 0.1) is 0 Å². The Hall–Kier alpha value is -1.26. The Morgan fingerprint density at radius 3 is 1.82 bits per heavy atom. The van der Waals surface area contributed by atoms with E-state index in [0.29, 0.717) is 13.2 Å². The second-order valence-corrected chi connectivity index (χ2v) is 1.25. The monoisotopic (exact) mass is 163 g/mol. The highest BCUT2D eigenvalue weighted by atomic mass is 16.7. The van der Waals surface area contributed by atoms with E-state index in [0.717, 1.165) is 0 Å². The van der Waals surface area contributed by atoms with Crippen molar-refractivity contribution in [2.24, 2.45) is 5.73 Å². The molecule has 0 heterocycles. The van der Waals surface area contributed by atoms with Crippen molar-refractivity contribution in [3.05, 3.63) is 0 Å². The zero-order chi connectivity index (χ0) is 9.11. The van der Waals surface area contributed by atoms with Crippen molar-refractivity contribution < 1.29 is 19.1 Å². The Labute approximate surface area is 65.5 Å². The minimum Gasteiger partial charge on any atom is -0.435 e. The molecule has 0 saturated heterocycles. The van der Waals surface area contributed by atoms with Gasteiger partial charge in [-0.15, -0.1) is 0 Å². The van der Waals surface area contributed by atoms with Crippen LogP contribution in [0.15, 0.2) is 0 Å². The van der Waals surface area contributed by atoms with Crippen LogP contribution in [0.25, 0.3) is 0 Å². The quantitative estimate of drug-likeness (QED) is 0.468. The zero-order valence-electron chi connectivity index (χ0n) is 6.70. The Morgan fingerprint density at radius 1 is 1.36 bits per heavy atom. The van der Waals surface area contributed by atoms with E-state index in [1.807, 2.05) is 0 Å². The lowest BCUT2D eigenvalue weighted by molar-refractivity contribution is -0.106. The number of rotatable bonds is 2. The van der Waals surface area contributed by atoms with Crippen molar-refractivity contribution in [1.29, 1.82) is 0 Å². The molecule has 5 heteroatoms. The summed E-state index contributed by atoms with van der Waals surface area (Å²) in [5, 5.41) is 0. The average molecular weight is 163 g/mol. The Kier molecular flexibility index (Phi) is 13.0. The number of carbonyl (C=O) groups excluding carboxylic acids is 2. The van der Waals surface area contributed by atoms with Gasteiger partial charge in [0.15, 0.2) is 0 Å². The van der Waals surface area contributed by atoms with E-state index >= 15 is 0 Å². The van der Waals surface area contributed by atoms with E-state index in [9.17, 15) is 4.79 Å². The summed E-state index contributed by atoms with van der Waals surface area (Å²) in [6, 6.07) is 0. The fraction of sp³-hybridized carbons (Fsp3) is 0.667. The van der Waals surface area contributed by atoms with Crippen LogP contribution in [-0.2, 0) is 14.3 Å². The van der Waals surface area contributed by atoms with Gasteiger partial charge < -0.3 is 15.2 Å². The molecule has 66 valence electrons. The predicted molar refractivity (Wildman–Crippen MR) is 38.9 cm³/mol. The van der Waals surface area contributed by atoms with Gasteiger partial charge in [0.2, 0.25) is 6.41 Å². The molecule has 11 heavy (non-hydrogen) atoms. The van der Waals surface area contributed by atoms with Gasteiger partial charge in [-0.05, 0) is 13.8 Å². The van der Waals surface area contributed by atoms with Crippen molar-refractivity contribution in [3.8, 4) is 0 Å². The fourth-order valence-electron chi connectivity index (χ4n) is 0.277. The van der Waals surface area contributed by atoms with Gasteiger partial charge in [0, 0.05) is 0 Å². The zero-order valence-corrected chi connectivity index (χ0v) is 6.70. The molecule has 0 aromatic heterocycles. The van der Waals surface area contributed by atoms with Gasteiger partial charge in [0.05, 0.1) is 13.2 Å². The van der Waals surface area contributed by atoms with Crippen LogP contribution < -0.4 is 5.73 Å². The maximum absolute atomic E-state index is 10.2. The SMILES string of the molecule is CCOC(=O)OCC.NC=O. The lowest BCUT2D eigenvalue weighted by Crippen LogP contribution is -2.05. The van der Waals surface area contributed by atoms with Crippen molar-refractivity contribution in [2.45, 2.75) is 13.8 Å². The first kappa shape index (κ1) is 12.4. The molecular formula is C6H13NO4. The van der Waals surface area contributed by atoms with Crippen LogP contribution in [-0.4, -0.2) is 25.8 Å². The molecule has 0 unspecified atom stereocenters. The van der Waals surface area contributed by atoms with Crippen LogP contribution in [0.5, 0.6) is 0 Å². The summed E-state index contributed by atoms with van der Waals surface area (Å²) in [5.74, 6) is 0. The van der Waals surface area contributed by atoms with Gasteiger partial charge in [-0.2, -0.15) is 0 Å². The highest BCUT2D eigenvalue weighted by molar-refractivity contribution is 5.59. The molecule has 0 bridgehead atoms. The maximum Gasteiger partial charge on any atom is 0.508 e. The summed E-state index contributed by atoms with van der Waals surface area (Å²) in [4.78, 5) is 18.8. The van der Waals surface area contributed by atoms with Crippen molar-refractivity contribution in [3.63, 3.8) is 0 Å². The molecule has 0 saturated carbocycles. The summed E-state index contributed by atoms with van der Waals surface area (Å²) in [7, 11) is 0. The lowest BCUT2D eigenvalue weighted by Gasteiger charge is -1.98. The smallest absolute Gasteiger partial charge is 0.435 e. The van der Waals surface area contributed by atoms with E-state index in [-0.39, 0.29) is 6.41 Å². The van der Waals surface area contributed by atoms with Gasteiger partial charge in [-0.25, -0.2) is 4.79 Å². The molecule has 5 nitrogen and oxygen atoms in total. The number of hydrogen-bond donors (Lipinski definition) is 1. The molecule has 0 aliphatic carbocycles. The van der Waals surface area contributed by atoms with Crippen LogP contribution in [0.1, 0.15) is 13.8 Å². The first-order valence-corrected chi connectivity index (χ1v) is 3.17. The second-order valence-electron chi connectivity index (χ2n) is 1.25. The number of hydrogen-bond acceptors (Lipinski definition) is 4. The third-order valence-electron chi connectivity index (χ3n) is 0.524. The van der Waals surface area contributed by atoms with Gasteiger partial charge >= 0.3 is 6.16 Å². The third kappa shape index (κ3) is 17.7. The molecule has 2 N–H and O–H groups in total. The number of ether oxygens (including phenoxy) is 2. The highest BCUT2D eigenvalue weighted by Gasteiger charge is 1.96. The summed E-state index contributed by atoms with van der Waals surface area (Å²) in [6.45, 7) is 4.21. The maximum atomic E-state index is 10.2. The molecule has 0 spiro atoms. The fourth-order valence-corrected chi connectivity index (χ4v) is 0.277. The van der Waals surface area contributed by atoms with E-state index in [1.165, 1.54) is 0 Å². The molecule has 0 aromatic carbocycles. The van der Waals surface area contributed by atoms with E-state index in [1.54, 1.807) is 13.8 Å². The Morgan fingerprint density at radius 2 is 1.64 bits per heavy atom. The Balaban J connectivity index is 0. The standard InChI is InChI=1S/C5H10O3.CH3NO/c1-3-7-5(6)8-4-2;2-1-3/h3-4H2,1-2H3;1H,(H2,2,3). The van der Waals surface area contributed by atoms with Crippen LogP contribution in [0.2, 0.25) is 0 Å². The Bertz CT molecular complexity index is 96.8. The molecule has 0 fully saturated rings. The van der Waals surface area contributed by atoms with Gasteiger partial charge in [-0.1, -0.05) is 0 Å². The van der Waals surface area contributed by atoms with Crippen LogP contribution in [0.4, 0.5) is 4.79 Å². The average Bonchev–Trinajstić information content (AvgIpc) is 1.90. The molecule has 0 aliphatic rings. The topological polar surface area (TPSA) is 78.6 Å². The molecule has 0 atom stereocenters. The number of nitrogens with two attached hydrogens (primary N) is 1. The number of primary amides is 1. The third-order valence-corrected chi connectivity index (χ3v) is 0.524. The molecule has 0 radical (unpaired) electrons. The summed E-state index contributed by atoms with van der Waals surface area (Å²) in [5.41, 5.74) is 4.17. The van der Waals surface area contributed by atoms with E-state index < -0.39 is 6.16 Å². The highest BCUT2D eigenvalue weighted by Crippen LogP contribution is 1.81. The van der Waals surface area contributed by atoms with Gasteiger partial charge in [-0.3, -0.25) is 4.79 Å².